The Morgan fingerprint density at radius 2 is 1.95 bits per heavy atom. The number of nitrogens with zero attached hydrogens (tertiary/aromatic N) is 1. The van der Waals surface area contributed by atoms with E-state index in [4.69, 9.17) is 5.73 Å². The van der Waals surface area contributed by atoms with Gasteiger partial charge in [0.15, 0.2) is 0 Å². The van der Waals surface area contributed by atoms with Gasteiger partial charge in [-0.15, -0.1) is 0 Å². The molecular weight excluding hydrogens is 269 g/mol. The summed E-state index contributed by atoms with van der Waals surface area (Å²) in [6.07, 6.45) is 3.72. The minimum atomic E-state index is -0.328. The van der Waals surface area contributed by atoms with Crippen LogP contribution in [0.3, 0.4) is 0 Å². The van der Waals surface area contributed by atoms with Crippen LogP contribution in [0.4, 0.5) is 10.1 Å². The van der Waals surface area contributed by atoms with E-state index in [2.05, 4.69) is 19.2 Å². The van der Waals surface area contributed by atoms with Crippen molar-refractivity contribution in [2.45, 2.75) is 26.4 Å². The van der Waals surface area contributed by atoms with E-state index >= 15 is 0 Å². The minimum absolute atomic E-state index is 0.0357. The van der Waals surface area contributed by atoms with Crippen molar-refractivity contribution in [3.05, 3.63) is 54.1 Å². The maximum atomic E-state index is 12.8. The lowest BCUT2D eigenvalue weighted by Crippen LogP contribution is -2.18. The summed E-state index contributed by atoms with van der Waals surface area (Å²) in [5.41, 5.74) is 7.66. The van der Waals surface area contributed by atoms with Gasteiger partial charge in [-0.25, -0.2) is 4.39 Å². The number of benzene rings is 1. The number of nitrogens with one attached hydrogen (secondary N) is 1. The molecular formula is C16H20FN3O. The summed E-state index contributed by atoms with van der Waals surface area (Å²) in [5, 5.41) is 2.72. The lowest BCUT2D eigenvalue weighted by molar-refractivity contribution is -0.116. The van der Waals surface area contributed by atoms with E-state index in [-0.39, 0.29) is 24.3 Å². The molecule has 2 aromatic rings. The van der Waals surface area contributed by atoms with Crippen molar-refractivity contribution in [2.24, 2.45) is 11.7 Å². The molecule has 1 amide bonds. The molecule has 0 aliphatic rings. The van der Waals surface area contributed by atoms with Crippen molar-refractivity contribution < 1.29 is 9.18 Å². The predicted octanol–water partition coefficient (Wildman–Crippen LogP) is 2.92. The highest BCUT2D eigenvalue weighted by molar-refractivity contribution is 5.90. The number of carbonyl (C=O) groups is 1. The summed E-state index contributed by atoms with van der Waals surface area (Å²) in [7, 11) is 0. The summed E-state index contributed by atoms with van der Waals surface area (Å²) in [5.74, 6) is -0.151. The Balaban J connectivity index is 1.95. The first-order valence-corrected chi connectivity index (χ1v) is 6.92. The van der Waals surface area contributed by atoms with Crippen molar-refractivity contribution in [3.63, 3.8) is 0 Å². The van der Waals surface area contributed by atoms with Crippen LogP contribution in [0.1, 0.15) is 25.5 Å². The maximum Gasteiger partial charge on any atom is 0.244 e. The van der Waals surface area contributed by atoms with E-state index in [1.807, 2.05) is 18.5 Å². The van der Waals surface area contributed by atoms with E-state index < -0.39 is 0 Å². The zero-order valence-corrected chi connectivity index (χ0v) is 12.2. The lowest BCUT2D eigenvalue weighted by atomic mass is 10.00. The van der Waals surface area contributed by atoms with E-state index in [9.17, 15) is 9.18 Å². The average Bonchev–Trinajstić information content (AvgIpc) is 2.88. The third-order valence-corrected chi connectivity index (χ3v) is 3.33. The lowest BCUT2D eigenvalue weighted by Gasteiger charge is -2.13. The van der Waals surface area contributed by atoms with Crippen molar-refractivity contribution in [3.8, 4) is 0 Å². The molecule has 5 heteroatoms. The molecule has 0 radical (unpaired) electrons. The van der Waals surface area contributed by atoms with Crippen LogP contribution in [0.5, 0.6) is 0 Å². The minimum Gasteiger partial charge on any atom is -0.345 e. The highest BCUT2D eigenvalue weighted by atomic mass is 19.1. The van der Waals surface area contributed by atoms with Gasteiger partial charge in [-0.05, 0) is 41.8 Å². The SMILES string of the molecule is CC(C)C(N)c1ccn(CC(=O)Nc2ccc(F)cc2)c1. The molecule has 1 atom stereocenters. The Morgan fingerprint density at radius 3 is 2.57 bits per heavy atom. The van der Waals surface area contributed by atoms with Gasteiger partial charge < -0.3 is 15.6 Å². The van der Waals surface area contributed by atoms with Crippen molar-refractivity contribution >= 4 is 11.6 Å². The predicted molar refractivity (Wildman–Crippen MR) is 81.2 cm³/mol. The molecule has 0 aliphatic carbocycles. The Labute approximate surface area is 123 Å². The van der Waals surface area contributed by atoms with E-state index in [0.717, 1.165) is 5.56 Å². The molecule has 1 heterocycles. The van der Waals surface area contributed by atoms with Crippen LogP contribution in [0.15, 0.2) is 42.7 Å². The monoisotopic (exact) mass is 289 g/mol. The third kappa shape index (κ3) is 4.16. The zero-order chi connectivity index (χ0) is 15.4. The standard InChI is InChI=1S/C16H20FN3O/c1-11(2)16(18)12-7-8-20(9-12)10-15(21)19-14-5-3-13(17)4-6-14/h3-9,11,16H,10,18H2,1-2H3,(H,19,21). The van der Waals surface area contributed by atoms with Crippen LogP contribution in [-0.4, -0.2) is 10.5 Å². The van der Waals surface area contributed by atoms with E-state index in [1.54, 1.807) is 4.57 Å². The fraction of sp³-hybridized carbons (Fsp3) is 0.312. The molecule has 21 heavy (non-hydrogen) atoms. The largest absolute Gasteiger partial charge is 0.345 e. The molecule has 1 unspecified atom stereocenters. The van der Waals surface area contributed by atoms with Crippen LogP contribution in [0.2, 0.25) is 0 Å². The Hall–Kier alpha value is -2.14. The van der Waals surface area contributed by atoms with Crippen LogP contribution in [0.25, 0.3) is 0 Å². The number of hydrogen-bond acceptors (Lipinski definition) is 2. The first kappa shape index (κ1) is 15.3. The summed E-state index contributed by atoms with van der Waals surface area (Å²) in [6, 6.07) is 7.57. The van der Waals surface area contributed by atoms with Crippen LogP contribution < -0.4 is 11.1 Å². The van der Waals surface area contributed by atoms with Crippen molar-refractivity contribution in [1.29, 1.82) is 0 Å². The first-order chi connectivity index (χ1) is 9.95. The number of nitrogens with two attached hydrogens (primary N) is 1. The van der Waals surface area contributed by atoms with Crippen LogP contribution in [-0.2, 0) is 11.3 Å². The molecule has 1 aromatic carbocycles. The molecule has 0 bridgehead atoms. The molecule has 0 spiro atoms. The Bertz CT molecular complexity index is 604. The topological polar surface area (TPSA) is 60.0 Å². The molecule has 112 valence electrons. The third-order valence-electron chi connectivity index (χ3n) is 3.33. The Kier molecular flexibility index (Phi) is 4.75. The normalized spacial score (nSPS) is 12.4. The summed E-state index contributed by atoms with van der Waals surface area (Å²) in [4.78, 5) is 11.9. The van der Waals surface area contributed by atoms with Gasteiger partial charge in [0.25, 0.3) is 0 Å². The fourth-order valence-electron chi connectivity index (χ4n) is 2.04. The van der Waals surface area contributed by atoms with Gasteiger partial charge in [-0.2, -0.15) is 0 Å². The molecule has 3 N–H and O–H groups in total. The quantitative estimate of drug-likeness (QED) is 0.889. The summed E-state index contributed by atoms with van der Waals surface area (Å²) < 4.78 is 14.6. The van der Waals surface area contributed by atoms with E-state index in [0.29, 0.717) is 11.6 Å². The van der Waals surface area contributed by atoms with Gasteiger partial charge in [-0.3, -0.25) is 4.79 Å². The van der Waals surface area contributed by atoms with Crippen LogP contribution >= 0.6 is 0 Å². The molecule has 4 nitrogen and oxygen atoms in total. The van der Waals surface area contributed by atoms with Gasteiger partial charge in [0.2, 0.25) is 5.91 Å². The first-order valence-electron chi connectivity index (χ1n) is 6.92. The number of halogens is 1. The highest BCUT2D eigenvalue weighted by Gasteiger charge is 2.12. The number of amides is 1. The molecule has 0 fully saturated rings. The second-order valence-electron chi connectivity index (χ2n) is 5.44. The van der Waals surface area contributed by atoms with Crippen LogP contribution in [0, 0.1) is 11.7 Å². The van der Waals surface area contributed by atoms with Gasteiger partial charge in [0, 0.05) is 24.1 Å². The van der Waals surface area contributed by atoms with Gasteiger partial charge in [-0.1, -0.05) is 13.8 Å². The summed E-state index contributed by atoms with van der Waals surface area (Å²) in [6.45, 7) is 4.31. The summed E-state index contributed by atoms with van der Waals surface area (Å²) >= 11 is 0. The average molecular weight is 289 g/mol. The molecule has 0 saturated carbocycles. The molecule has 2 rings (SSSR count). The smallest absolute Gasteiger partial charge is 0.244 e. The number of anilines is 1. The maximum absolute atomic E-state index is 12.8. The van der Waals surface area contributed by atoms with Crippen molar-refractivity contribution in [1.82, 2.24) is 4.57 Å². The van der Waals surface area contributed by atoms with Gasteiger partial charge >= 0.3 is 0 Å². The Morgan fingerprint density at radius 1 is 1.29 bits per heavy atom. The second kappa shape index (κ2) is 6.54. The second-order valence-corrected chi connectivity index (χ2v) is 5.44. The fourth-order valence-corrected chi connectivity index (χ4v) is 2.04. The van der Waals surface area contributed by atoms with Gasteiger partial charge in [0.1, 0.15) is 12.4 Å². The number of rotatable bonds is 5. The molecule has 1 aromatic heterocycles. The van der Waals surface area contributed by atoms with E-state index in [1.165, 1.54) is 24.3 Å². The molecule has 0 saturated heterocycles. The van der Waals surface area contributed by atoms with Crippen molar-refractivity contribution in [2.75, 3.05) is 5.32 Å². The van der Waals surface area contributed by atoms with Gasteiger partial charge in [0.05, 0.1) is 0 Å². The number of hydrogen-bond donors (Lipinski definition) is 2. The number of carbonyl (C=O) groups excluding carboxylic acids is 1. The number of aromatic nitrogens is 1. The highest BCUT2D eigenvalue weighted by Crippen LogP contribution is 2.19. The zero-order valence-electron chi connectivity index (χ0n) is 12.2. The molecule has 0 aliphatic heterocycles.